The van der Waals surface area contributed by atoms with Crippen molar-refractivity contribution in [1.82, 2.24) is 0 Å². The molecule has 0 aromatic carbocycles. The van der Waals surface area contributed by atoms with Gasteiger partial charge in [0, 0.05) is 6.42 Å². The third-order valence-electron chi connectivity index (χ3n) is 1.46. The summed E-state index contributed by atoms with van der Waals surface area (Å²) in [6.45, 7) is 3.78. The number of hydrogen-bond acceptors (Lipinski definition) is 3. The zero-order valence-corrected chi connectivity index (χ0v) is 9.10. The van der Waals surface area contributed by atoms with Gasteiger partial charge in [-0.1, -0.05) is 13.8 Å². The molecule has 0 aromatic heterocycles. The molecule has 0 aromatic rings. The van der Waals surface area contributed by atoms with Gasteiger partial charge in [0.2, 0.25) is 0 Å². The van der Waals surface area contributed by atoms with Gasteiger partial charge in [0.25, 0.3) is 10.1 Å². The van der Waals surface area contributed by atoms with Crippen molar-refractivity contribution < 1.29 is 17.0 Å². The summed E-state index contributed by atoms with van der Waals surface area (Å²) in [5.74, 6) is 0.285. The molecule has 0 saturated heterocycles. The Bertz CT molecular complexity index is 224. The van der Waals surface area contributed by atoms with Gasteiger partial charge in [-0.25, -0.2) is 4.39 Å². The van der Waals surface area contributed by atoms with Crippen molar-refractivity contribution in [1.29, 1.82) is 0 Å². The number of hydrogen-bond donors (Lipinski definition) is 0. The van der Waals surface area contributed by atoms with Gasteiger partial charge in [-0.05, 0) is 12.3 Å². The second kappa shape index (κ2) is 5.54. The first-order chi connectivity index (χ1) is 5.81. The molecule has 80 valence electrons. The fraction of sp³-hybridized carbons (Fsp3) is 1.00. The lowest BCUT2D eigenvalue weighted by atomic mass is 10.1. The topological polar surface area (TPSA) is 43.4 Å². The summed E-state index contributed by atoms with van der Waals surface area (Å²) in [5, 5.41) is 0. The largest absolute Gasteiger partial charge is 0.270 e. The molecule has 0 N–H and O–H groups in total. The molecular formula is C8H17FO3S. The SMILES string of the molecule is CC(C)CC(F)CCOS(C)(=O)=O. The van der Waals surface area contributed by atoms with Gasteiger partial charge < -0.3 is 0 Å². The highest BCUT2D eigenvalue weighted by Gasteiger charge is 2.10. The molecule has 0 aliphatic carbocycles. The van der Waals surface area contributed by atoms with Crippen molar-refractivity contribution in [3.63, 3.8) is 0 Å². The predicted molar refractivity (Wildman–Crippen MR) is 49.8 cm³/mol. The molecule has 0 bridgehead atoms. The highest BCUT2D eigenvalue weighted by Crippen LogP contribution is 2.11. The van der Waals surface area contributed by atoms with Crippen LogP contribution in [-0.2, 0) is 14.3 Å². The number of alkyl halides is 1. The molecule has 0 spiro atoms. The molecule has 0 aliphatic rings. The molecule has 0 saturated carbocycles. The van der Waals surface area contributed by atoms with E-state index in [9.17, 15) is 12.8 Å². The third kappa shape index (κ3) is 9.76. The molecule has 0 amide bonds. The van der Waals surface area contributed by atoms with Crippen LogP contribution in [0.15, 0.2) is 0 Å². The lowest BCUT2D eigenvalue weighted by molar-refractivity contribution is 0.216. The summed E-state index contributed by atoms with van der Waals surface area (Å²) in [4.78, 5) is 0. The summed E-state index contributed by atoms with van der Waals surface area (Å²) in [6.07, 6.45) is 0.586. The molecule has 5 heteroatoms. The van der Waals surface area contributed by atoms with Crippen LogP contribution in [0.3, 0.4) is 0 Å². The van der Waals surface area contributed by atoms with E-state index in [1.165, 1.54) is 0 Å². The highest BCUT2D eigenvalue weighted by atomic mass is 32.2. The summed E-state index contributed by atoms with van der Waals surface area (Å²) < 4.78 is 38.3. The Morgan fingerprint density at radius 2 is 1.92 bits per heavy atom. The van der Waals surface area contributed by atoms with Crippen molar-refractivity contribution in [2.75, 3.05) is 12.9 Å². The fourth-order valence-corrected chi connectivity index (χ4v) is 1.36. The maximum absolute atomic E-state index is 13.0. The maximum Gasteiger partial charge on any atom is 0.264 e. The first kappa shape index (κ1) is 12.8. The van der Waals surface area contributed by atoms with Crippen molar-refractivity contribution >= 4 is 10.1 Å². The average molecular weight is 212 g/mol. The van der Waals surface area contributed by atoms with E-state index in [1.54, 1.807) is 0 Å². The molecule has 3 nitrogen and oxygen atoms in total. The van der Waals surface area contributed by atoms with Crippen molar-refractivity contribution in [2.45, 2.75) is 32.9 Å². The van der Waals surface area contributed by atoms with Gasteiger partial charge in [0.1, 0.15) is 6.17 Å². The molecule has 0 fully saturated rings. The van der Waals surface area contributed by atoms with E-state index in [4.69, 9.17) is 0 Å². The van der Waals surface area contributed by atoms with Gasteiger partial charge in [-0.15, -0.1) is 0 Å². The first-order valence-corrected chi connectivity index (χ1v) is 6.11. The van der Waals surface area contributed by atoms with Crippen molar-refractivity contribution in [2.24, 2.45) is 5.92 Å². The first-order valence-electron chi connectivity index (χ1n) is 4.29. The zero-order chi connectivity index (χ0) is 10.5. The van der Waals surface area contributed by atoms with E-state index in [-0.39, 0.29) is 18.9 Å². The van der Waals surface area contributed by atoms with Crippen LogP contribution in [0.25, 0.3) is 0 Å². The van der Waals surface area contributed by atoms with Crippen molar-refractivity contribution in [3.05, 3.63) is 0 Å². The normalized spacial score (nSPS) is 14.8. The van der Waals surface area contributed by atoms with Crippen LogP contribution in [0.4, 0.5) is 4.39 Å². The van der Waals surface area contributed by atoms with E-state index in [1.807, 2.05) is 13.8 Å². The maximum atomic E-state index is 13.0. The second-order valence-electron chi connectivity index (χ2n) is 3.54. The average Bonchev–Trinajstić information content (AvgIpc) is 1.81. The monoisotopic (exact) mass is 212 g/mol. The predicted octanol–water partition coefficient (Wildman–Crippen LogP) is 1.74. The highest BCUT2D eigenvalue weighted by molar-refractivity contribution is 7.85. The number of rotatable bonds is 6. The smallest absolute Gasteiger partial charge is 0.264 e. The summed E-state index contributed by atoms with van der Waals surface area (Å²) in [7, 11) is -3.41. The van der Waals surface area contributed by atoms with E-state index in [0.717, 1.165) is 6.26 Å². The van der Waals surface area contributed by atoms with Crippen LogP contribution in [0.5, 0.6) is 0 Å². The van der Waals surface area contributed by atoms with Crippen LogP contribution in [0.2, 0.25) is 0 Å². The summed E-state index contributed by atoms with van der Waals surface area (Å²) in [6, 6.07) is 0. The molecule has 0 heterocycles. The quantitative estimate of drug-likeness (QED) is 0.630. The molecular weight excluding hydrogens is 195 g/mol. The fourth-order valence-electron chi connectivity index (χ4n) is 0.957. The summed E-state index contributed by atoms with van der Waals surface area (Å²) >= 11 is 0. The second-order valence-corrected chi connectivity index (χ2v) is 5.19. The van der Waals surface area contributed by atoms with E-state index >= 15 is 0 Å². The van der Waals surface area contributed by atoms with Gasteiger partial charge in [-0.2, -0.15) is 8.42 Å². The summed E-state index contributed by atoms with van der Waals surface area (Å²) in [5.41, 5.74) is 0. The van der Waals surface area contributed by atoms with E-state index < -0.39 is 16.3 Å². The van der Waals surface area contributed by atoms with Crippen molar-refractivity contribution in [3.8, 4) is 0 Å². The van der Waals surface area contributed by atoms with E-state index in [0.29, 0.717) is 6.42 Å². The molecule has 0 radical (unpaired) electrons. The lowest BCUT2D eigenvalue weighted by Crippen LogP contribution is -2.11. The Balaban J connectivity index is 3.54. The molecule has 0 aliphatic heterocycles. The lowest BCUT2D eigenvalue weighted by Gasteiger charge is -2.09. The van der Waals surface area contributed by atoms with Gasteiger partial charge in [-0.3, -0.25) is 4.18 Å². The molecule has 1 atom stereocenters. The Morgan fingerprint density at radius 3 is 2.31 bits per heavy atom. The Hall–Kier alpha value is -0.160. The van der Waals surface area contributed by atoms with Crippen LogP contribution in [0.1, 0.15) is 26.7 Å². The van der Waals surface area contributed by atoms with Crippen LogP contribution in [-0.4, -0.2) is 27.5 Å². The molecule has 13 heavy (non-hydrogen) atoms. The minimum atomic E-state index is -3.41. The Morgan fingerprint density at radius 1 is 1.38 bits per heavy atom. The Kier molecular flexibility index (Phi) is 5.48. The minimum Gasteiger partial charge on any atom is -0.270 e. The van der Waals surface area contributed by atoms with Crippen LogP contribution < -0.4 is 0 Å². The van der Waals surface area contributed by atoms with E-state index in [2.05, 4.69) is 4.18 Å². The van der Waals surface area contributed by atoms with Gasteiger partial charge in [0.15, 0.2) is 0 Å². The third-order valence-corrected chi connectivity index (χ3v) is 2.05. The number of halogens is 1. The van der Waals surface area contributed by atoms with Crippen LogP contribution >= 0.6 is 0 Å². The molecule has 1 unspecified atom stereocenters. The van der Waals surface area contributed by atoms with Gasteiger partial charge >= 0.3 is 0 Å². The minimum absolute atomic E-state index is 0.0628. The van der Waals surface area contributed by atoms with Gasteiger partial charge in [0.05, 0.1) is 12.9 Å². The zero-order valence-electron chi connectivity index (χ0n) is 8.29. The standard InChI is InChI=1S/C8H17FO3S/c1-7(2)6-8(9)4-5-12-13(3,10)11/h7-8H,4-6H2,1-3H3. The van der Waals surface area contributed by atoms with Crippen LogP contribution in [0, 0.1) is 5.92 Å². The Labute approximate surface area is 79.4 Å². The molecule has 0 rings (SSSR count).